The number of halogens is 2. The number of pyridine rings is 2. The number of carbonyl (C=O) groups excluding carboxylic acids is 1. The smallest absolute Gasteiger partial charge is 0.256 e. The van der Waals surface area contributed by atoms with Gasteiger partial charge in [0, 0.05) is 16.7 Å². The summed E-state index contributed by atoms with van der Waals surface area (Å²) in [5.41, 5.74) is 0.815. The highest BCUT2D eigenvalue weighted by molar-refractivity contribution is 6.29. The van der Waals surface area contributed by atoms with Gasteiger partial charge < -0.3 is 5.32 Å². The van der Waals surface area contributed by atoms with E-state index in [2.05, 4.69) is 15.3 Å². The van der Waals surface area contributed by atoms with Gasteiger partial charge in [0.2, 0.25) is 5.95 Å². The van der Waals surface area contributed by atoms with Crippen molar-refractivity contribution < 1.29 is 9.18 Å². The molecule has 0 aliphatic rings. The second-order valence-corrected chi connectivity index (χ2v) is 6.00. The van der Waals surface area contributed by atoms with Crippen molar-refractivity contribution in [3.63, 3.8) is 0 Å². The molecule has 4 nitrogen and oxygen atoms in total. The maximum absolute atomic E-state index is 13.0. The molecule has 2 heterocycles. The Labute approximate surface area is 127 Å². The Morgan fingerprint density at radius 3 is 2.57 bits per heavy atom. The average molecular weight is 308 g/mol. The van der Waals surface area contributed by atoms with E-state index >= 15 is 0 Å². The third kappa shape index (κ3) is 3.98. The maximum atomic E-state index is 13.0. The molecule has 0 aromatic carbocycles. The predicted molar refractivity (Wildman–Crippen MR) is 80.1 cm³/mol. The van der Waals surface area contributed by atoms with E-state index in [0.717, 1.165) is 0 Å². The molecule has 2 aromatic rings. The zero-order valence-corrected chi connectivity index (χ0v) is 12.7. The molecule has 2 aromatic heterocycles. The summed E-state index contributed by atoms with van der Waals surface area (Å²) in [7, 11) is 0. The summed E-state index contributed by atoms with van der Waals surface area (Å²) in [6.45, 7) is 5.92. The number of rotatable bonds is 2. The van der Waals surface area contributed by atoms with E-state index in [4.69, 9.17) is 11.6 Å². The van der Waals surface area contributed by atoms with Gasteiger partial charge in [-0.2, -0.15) is 4.39 Å². The van der Waals surface area contributed by atoms with Crippen LogP contribution in [-0.2, 0) is 5.41 Å². The zero-order valence-electron chi connectivity index (χ0n) is 11.9. The molecule has 0 spiro atoms. The zero-order chi connectivity index (χ0) is 15.6. The minimum Gasteiger partial charge on any atom is -0.306 e. The first-order valence-electron chi connectivity index (χ1n) is 6.38. The maximum Gasteiger partial charge on any atom is 0.256 e. The molecule has 2 rings (SSSR count). The van der Waals surface area contributed by atoms with Gasteiger partial charge in [0.1, 0.15) is 11.0 Å². The van der Waals surface area contributed by atoms with Crippen LogP contribution in [0.25, 0.3) is 0 Å². The molecule has 0 saturated carbocycles. The number of anilines is 1. The Bertz CT molecular complexity index is 683. The molecule has 0 atom stereocenters. The first kappa shape index (κ1) is 15.4. The lowest BCUT2D eigenvalue weighted by atomic mass is 9.91. The van der Waals surface area contributed by atoms with Crippen molar-refractivity contribution >= 4 is 23.3 Å². The molecule has 1 N–H and O–H groups in total. The predicted octanol–water partition coefficient (Wildman–Crippen LogP) is 3.82. The van der Waals surface area contributed by atoms with E-state index in [9.17, 15) is 9.18 Å². The molecule has 110 valence electrons. The Hall–Kier alpha value is -2.01. The summed E-state index contributed by atoms with van der Waals surface area (Å²) in [6, 6.07) is 7.31. The fourth-order valence-electron chi connectivity index (χ4n) is 1.68. The van der Waals surface area contributed by atoms with Crippen LogP contribution in [0.4, 0.5) is 10.2 Å². The number of aromatic nitrogens is 2. The number of carbonyl (C=O) groups is 1. The van der Waals surface area contributed by atoms with Crippen LogP contribution in [0.15, 0.2) is 30.3 Å². The molecule has 0 aliphatic heterocycles. The van der Waals surface area contributed by atoms with Gasteiger partial charge in [-0.1, -0.05) is 38.4 Å². The van der Waals surface area contributed by atoms with Crippen molar-refractivity contribution in [3.8, 4) is 0 Å². The van der Waals surface area contributed by atoms with Gasteiger partial charge in [-0.25, -0.2) is 9.97 Å². The van der Waals surface area contributed by atoms with Gasteiger partial charge in [0.25, 0.3) is 5.91 Å². The van der Waals surface area contributed by atoms with Crippen LogP contribution in [-0.4, -0.2) is 15.9 Å². The molecule has 0 bridgehead atoms. The van der Waals surface area contributed by atoms with Crippen LogP contribution in [0, 0.1) is 5.95 Å². The fourth-order valence-corrected chi connectivity index (χ4v) is 1.89. The van der Waals surface area contributed by atoms with Crippen molar-refractivity contribution in [2.24, 2.45) is 0 Å². The molecule has 6 heteroatoms. The summed E-state index contributed by atoms with van der Waals surface area (Å²) in [4.78, 5) is 20.0. The van der Waals surface area contributed by atoms with Crippen molar-refractivity contribution in [1.82, 2.24) is 9.97 Å². The molecular weight excluding hydrogens is 293 g/mol. The van der Waals surface area contributed by atoms with E-state index < -0.39 is 11.9 Å². The van der Waals surface area contributed by atoms with Crippen molar-refractivity contribution in [2.45, 2.75) is 26.2 Å². The molecule has 0 radical (unpaired) electrons. The quantitative estimate of drug-likeness (QED) is 0.858. The van der Waals surface area contributed by atoms with Gasteiger partial charge in [0.15, 0.2) is 0 Å². The lowest BCUT2D eigenvalue weighted by Gasteiger charge is -2.18. The summed E-state index contributed by atoms with van der Waals surface area (Å²) in [6.07, 6.45) is 0. The van der Waals surface area contributed by atoms with Crippen LogP contribution in [0.5, 0.6) is 0 Å². The third-order valence-corrected chi connectivity index (χ3v) is 2.98. The molecule has 0 unspecified atom stereocenters. The van der Waals surface area contributed by atoms with Crippen LogP contribution in [0.2, 0.25) is 5.15 Å². The number of nitrogens with one attached hydrogen (secondary N) is 1. The van der Waals surface area contributed by atoms with E-state index in [1.165, 1.54) is 24.3 Å². The van der Waals surface area contributed by atoms with E-state index in [1.807, 2.05) is 20.8 Å². The first-order chi connectivity index (χ1) is 9.75. The molecule has 0 saturated heterocycles. The van der Waals surface area contributed by atoms with Crippen LogP contribution < -0.4 is 5.32 Å². The summed E-state index contributed by atoms with van der Waals surface area (Å²) >= 11 is 5.96. The molecule has 21 heavy (non-hydrogen) atoms. The van der Waals surface area contributed by atoms with E-state index in [-0.39, 0.29) is 16.4 Å². The van der Waals surface area contributed by atoms with Gasteiger partial charge in [0.05, 0.1) is 0 Å². The van der Waals surface area contributed by atoms with Crippen LogP contribution in [0.1, 0.15) is 36.8 Å². The second kappa shape index (κ2) is 5.77. The Morgan fingerprint density at radius 2 is 1.95 bits per heavy atom. The number of hydrogen-bond acceptors (Lipinski definition) is 3. The van der Waals surface area contributed by atoms with E-state index in [0.29, 0.717) is 11.3 Å². The molecule has 0 fully saturated rings. The first-order valence-corrected chi connectivity index (χ1v) is 6.75. The Balaban J connectivity index is 2.29. The average Bonchev–Trinajstić information content (AvgIpc) is 2.37. The number of hydrogen-bond donors (Lipinski definition) is 1. The Kier molecular flexibility index (Phi) is 4.23. The van der Waals surface area contributed by atoms with Crippen molar-refractivity contribution in [3.05, 3.63) is 52.7 Å². The topological polar surface area (TPSA) is 54.9 Å². The SMILES string of the molecule is CC(C)(C)c1cc(C(=O)Nc2cccc(F)n2)cc(Cl)n1. The van der Waals surface area contributed by atoms with Crippen molar-refractivity contribution in [2.75, 3.05) is 5.32 Å². The van der Waals surface area contributed by atoms with E-state index in [1.54, 1.807) is 6.07 Å². The summed E-state index contributed by atoms with van der Waals surface area (Å²) in [5, 5.41) is 2.76. The molecular formula is C15H15ClFN3O. The van der Waals surface area contributed by atoms with Gasteiger partial charge in [-0.15, -0.1) is 0 Å². The lowest BCUT2D eigenvalue weighted by Crippen LogP contribution is -2.18. The van der Waals surface area contributed by atoms with Crippen molar-refractivity contribution in [1.29, 1.82) is 0 Å². The van der Waals surface area contributed by atoms with Gasteiger partial charge >= 0.3 is 0 Å². The number of amides is 1. The fraction of sp³-hybridized carbons (Fsp3) is 0.267. The van der Waals surface area contributed by atoms with Gasteiger partial charge in [-0.05, 0) is 24.3 Å². The standard InChI is InChI=1S/C15H15ClFN3O/c1-15(2,3)10-7-9(8-11(16)18-10)14(21)20-13-6-4-5-12(17)19-13/h4-8H,1-3H3,(H,19,20,21). The van der Waals surface area contributed by atoms with Crippen LogP contribution in [0.3, 0.4) is 0 Å². The van der Waals surface area contributed by atoms with Crippen LogP contribution >= 0.6 is 11.6 Å². The normalized spacial score (nSPS) is 11.3. The largest absolute Gasteiger partial charge is 0.306 e. The highest BCUT2D eigenvalue weighted by Crippen LogP contribution is 2.23. The highest BCUT2D eigenvalue weighted by Gasteiger charge is 2.19. The van der Waals surface area contributed by atoms with Gasteiger partial charge in [-0.3, -0.25) is 4.79 Å². The molecule has 1 amide bonds. The third-order valence-electron chi connectivity index (χ3n) is 2.78. The minimum atomic E-state index is -0.657. The molecule has 0 aliphatic carbocycles. The minimum absolute atomic E-state index is 0.144. The lowest BCUT2D eigenvalue weighted by molar-refractivity contribution is 0.102. The monoisotopic (exact) mass is 307 g/mol. The summed E-state index contributed by atoms with van der Waals surface area (Å²) in [5.74, 6) is -0.927. The number of nitrogens with zero attached hydrogens (tertiary/aromatic N) is 2. The second-order valence-electron chi connectivity index (χ2n) is 5.61. The summed E-state index contributed by atoms with van der Waals surface area (Å²) < 4.78 is 13.0. The highest BCUT2D eigenvalue weighted by atomic mass is 35.5. The Morgan fingerprint density at radius 1 is 1.24 bits per heavy atom.